The lowest BCUT2D eigenvalue weighted by atomic mass is 9.98. The van der Waals surface area contributed by atoms with Crippen molar-refractivity contribution >= 4 is 52.1 Å². The first-order valence-electron chi connectivity index (χ1n) is 11.6. The third-order valence-corrected chi connectivity index (χ3v) is 10.1. The number of benzene rings is 2. The van der Waals surface area contributed by atoms with Crippen molar-refractivity contribution < 1.29 is 25.2 Å². The summed E-state index contributed by atoms with van der Waals surface area (Å²) in [4.78, 5) is -0.132. The van der Waals surface area contributed by atoms with Crippen LogP contribution in [0.15, 0.2) is 55.1 Å². The number of halogens is 2. The minimum atomic E-state index is -4.14. The van der Waals surface area contributed by atoms with Crippen LogP contribution in [-0.2, 0) is 28.6 Å². The van der Waals surface area contributed by atoms with E-state index in [-0.39, 0.29) is 33.1 Å². The summed E-state index contributed by atoms with van der Waals surface area (Å²) in [6.45, 7) is 0. The molecule has 0 radical (unpaired) electrons. The van der Waals surface area contributed by atoms with E-state index in [1.54, 1.807) is 24.3 Å². The molecule has 2 aliphatic carbocycles. The molecule has 6 nitrogen and oxygen atoms in total. The Labute approximate surface area is 218 Å². The van der Waals surface area contributed by atoms with Gasteiger partial charge in [0.25, 0.3) is 20.2 Å². The van der Waals surface area contributed by atoms with Gasteiger partial charge in [-0.15, -0.1) is 0 Å². The number of hydrogen-bond acceptors (Lipinski definition) is 6. The second-order valence-electron chi connectivity index (χ2n) is 8.90. The van der Waals surface area contributed by atoms with Gasteiger partial charge in [-0.05, 0) is 49.9 Å². The molecular formula is C24H28Br2O6S2. The lowest BCUT2D eigenvalue weighted by Crippen LogP contribution is -2.22. The van der Waals surface area contributed by atoms with Gasteiger partial charge in [0.05, 0.1) is 12.2 Å². The van der Waals surface area contributed by atoms with E-state index in [0.717, 1.165) is 38.5 Å². The van der Waals surface area contributed by atoms with Gasteiger partial charge >= 0.3 is 0 Å². The van der Waals surface area contributed by atoms with Crippen LogP contribution in [0.5, 0.6) is 0 Å². The first-order valence-corrected chi connectivity index (χ1v) is 16.0. The highest BCUT2D eigenvalue weighted by Gasteiger charge is 2.31. The van der Waals surface area contributed by atoms with Gasteiger partial charge in [-0.25, -0.2) is 0 Å². The van der Waals surface area contributed by atoms with Crippen LogP contribution in [0.1, 0.15) is 64.2 Å². The van der Waals surface area contributed by atoms with Gasteiger partial charge in [-0.2, -0.15) is 16.8 Å². The second-order valence-corrected chi connectivity index (χ2v) is 13.8. The molecule has 2 fully saturated rings. The van der Waals surface area contributed by atoms with Crippen molar-refractivity contribution in [1.82, 2.24) is 0 Å². The van der Waals surface area contributed by atoms with Gasteiger partial charge in [0, 0.05) is 20.1 Å². The summed E-state index contributed by atoms with van der Waals surface area (Å²) in [6, 6.07) is 9.51. The maximum Gasteiger partial charge on any atom is 0.297 e. The molecule has 0 bridgehead atoms. The highest BCUT2D eigenvalue weighted by atomic mass is 79.9. The quantitative estimate of drug-likeness (QED) is 0.306. The lowest BCUT2D eigenvalue weighted by molar-refractivity contribution is 0.161. The Balaban J connectivity index is 1.76. The normalized spacial score (nSPS) is 18.8. The van der Waals surface area contributed by atoms with Gasteiger partial charge in [0.1, 0.15) is 9.79 Å². The summed E-state index contributed by atoms with van der Waals surface area (Å²) in [5.74, 6) is 0. The Kier molecular flexibility index (Phi) is 8.57. The molecule has 2 aromatic carbocycles. The van der Waals surface area contributed by atoms with Gasteiger partial charge in [0.15, 0.2) is 0 Å². The van der Waals surface area contributed by atoms with E-state index in [1.807, 2.05) is 0 Å². The molecule has 2 aromatic rings. The molecule has 4 rings (SSSR count). The van der Waals surface area contributed by atoms with Crippen LogP contribution in [0.4, 0.5) is 0 Å². The molecule has 34 heavy (non-hydrogen) atoms. The first-order chi connectivity index (χ1) is 16.2. The predicted octanol–water partition coefficient (Wildman–Crippen LogP) is 6.95. The number of hydrogen-bond donors (Lipinski definition) is 0. The summed E-state index contributed by atoms with van der Waals surface area (Å²) in [5.41, 5.74) is 0.523. The van der Waals surface area contributed by atoms with E-state index < -0.39 is 20.2 Å². The van der Waals surface area contributed by atoms with Crippen LogP contribution in [0, 0.1) is 0 Å². The third-order valence-electron chi connectivity index (χ3n) is 6.35. The Morgan fingerprint density at radius 1 is 0.588 bits per heavy atom. The second kappa shape index (κ2) is 11.1. The van der Waals surface area contributed by atoms with Crippen molar-refractivity contribution in [2.24, 2.45) is 0 Å². The van der Waals surface area contributed by atoms with E-state index in [0.29, 0.717) is 34.6 Å². The van der Waals surface area contributed by atoms with Gasteiger partial charge < -0.3 is 0 Å². The van der Waals surface area contributed by atoms with Crippen molar-refractivity contribution in [1.29, 1.82) is 0 Å². The van der Waals surface area contributed by atoms with E-state index in [9.17, 15) is 16.8 Å². The zero-order valence-electron chi connectivity index (χ0n) is 18.7. The molecule has 2 saturated carbocycles. The molecule has 0 atom stereocenters. The number of rotatable bonds is 7. The Morgan fingerprint density at radius 2 is 0.941 bits per heavy atom. The highest BCUT2D eigenvalue weighted by molar-refractivity contribution is 9.10. The van der Waals surface area contributed by atoms with Crippen LogP contribution in [0.3, 0.4) is 0 Å². The average Bonchev–Trinajstić information content (AvgIpc) is 2.80. The molecule has 2 aliphatic rings. The van der Waals surface area contributed by atoms with Crippen LogP contribution >= 0.6 is 31.9 Å². The van der Waals surface area contributed by atoms with Crippen LogP contribution in [0.2, 0.25) is 0 Å². The van der Waals surface area contributed by atoms with Crippen LogP contribution < -0.4 is 0 Å². The Hall–Kier alpha value is -0.780. The standard InChI is InChI=1S/C24H28Br2O6S2/c25-17-11-13-21(23(15-17)33(27,28)31-19-7-3-1-4-8-19)22-14-12-18(26)16-24(22)34(29,30)32-20-9-5-2-6-10-20/h11-16,19-20H,1-10H2. The largest absolute Gasteiger partial charge is 0.297 e. The van der Waals surface area contributed by atoms with Crippen molar-refractivity contribution in [3.05, 3.63) is 45.3 Å². The monoisotopic (exact) mass is 634 g/mol. The smallest absolute Gasteiger partial charge is 0.263 e. The fraction of sp³-hybridized carbons (Fsp3) is 0.500. The minimum Gasteiger partial charge on any atom is -0.263 e. The van der Waals surface area contributed by atoms with E-state index in [1.165, 1.54) is 12.1 Å². The molecule has 0 heterocycles. The maximum atomic E-state index is 13.4. The third kappa shape index (κ3) is 6.31. The Bertz CT molecular complexity index is 1130. The van der Waals surface area contributed by atoms with Crippen LogP contribution in [0.25, 0.3) is 11.1 Å². The fourth-order valence-corrected chi connectivity index (χ4v) is 8.41. The molecule has 0 spiro atoms. The van der Waals surface area contributed by atoms with Gasteiger partial charge in [0.2, 0.25) is 0 Å². The molecule has 0 aromatic heterocycles. The summed E-state index contributed by atoms with van der Waals surface area (Å²) in [5, 5.41) is 0. The zero-order valence-corrected chi connectivity index (χ0v) is 23.5. The summed E-state index contributed by atoms with van der Waals surface area (Å²) in [6.07, 6.45) is 7.89. The molecule has 186 valence electrons. The van der Waals surface area contributed by atoms with Crippen molar-refractivity contribution in [2.75, 3.05) is 0 Å². The van der Waals surface area contributed by atoms with E-state index in [2.05, 4.69) is 31.9 Å². The van der Waals surface area contributed by atoms with Gasteiger partial charge in [-0.3, -0.25) is 8.37 Å². The molecular weight excluding hydrogens is 608 g/mol. The minimum absolute atomic E-state index is 0.0658. The lowest BCUT2D eigenvalue weighted by Gasteiger charge is -2.23. The van der Waals surface area contributed by atoms with Crippen molar-refractivity contribution in [3.63, 3.8) is 0 Å². The summed E-state index contributed by atoms with van der Waals surface area (Å²) < 4.78 is 65.8. The molecule has 0 aliphatic heterocycles. The van der Waals surface area contributed by atoms with E-state index in [4.69, 9.17) is 8.37 Å². The molecule has 0 unspecified atom stereocenters. The summed E-state index contributed by atoms with van der Waals surface area (Å²) in [7, 11) is -8.28. The fourth-order valence-electron chi connectivity index (χ4n) is 4.64. The van der Waals surface area contributed by atoms with Crippen molar-refractivity contribution in [2.45, 2.75) is 86.2 Å². The van der Waals surface area contributed by atoms with E-state index >= 15 is 0 Å². The van der Waals surface area contributed by atoms with Crippen LogP contribution in [-0.4, -0.2) is 29.0 Å². The summed E-state index contributed by atoms with van der Waals surface area (Å²) >= 11 is 6.70. The predicted molar refractivity (Wildman–Crippen MR) is 138 cm³/mol. The first kappa shape index (κ1) is 26.3. The molecule has 10 heteroatoms. The SMILES string of the molecule is O=S(=O)(OC1CCCCC1)c1cc(Br)ccc1-c1ccc(Br)cc1S(=O)(=O)OC1CCCCC1. The molecule has 0 saturated heterocycles. The highest BCUT2D eigenvalue weighted by Crippen LogP contribution is 2.38. The maximum absolute atomic E-state index is 13.4. The zero-order chi connectivity index (χ0) is 24.3. The molecule has 0 amide bonds. The van der Waals surface area contributed by atoms with Gasteiger partial charge in [-0.1, -0.05) is 82.5 Å². The topological polar surface area (TPSA) is 86.7 Å². The van der Waals surface area contributed by atoms with Crippen molar-refractivity contribution in [3.8, 4) is 11.1 Å². The molecule has 0 N–H and O–H groups in total. The average molecular weight is 636 g/mol. The Morgan fingerprint density at radius 3 is 1.29 bits per heavy atom.